The molecule has 112 valence electrons. The highest BCUT2D eigenvalue weighted by Crippen LogP contribution is 2.26. The van der Waals surface area contributed by atoms with E-state index in [1.54, 1.807) is 0 Å². The Labute approximate surface area is 126 Å². The number of hydrogen-bond donors (Lipinski definition) is 0. The summed E-state index contributed by atoms with van der Waals surface area (Å²) in [4.78, 5) is 12.2. The highest BCUT2D eigenvalue weighted by molar-refractivity contribution is 5.63. The maximum Gasteiger partial charge on any atom is 0.166 e. The van der Waals surface area contributed by atoms with Crippen molar-refractivity contribution in [2.75, 3.05) is 6.61 Å². The average Bonchev–Trinajstić information content (AvgIpc) is 2.55. The van der Waals surface area contributed by atoms with E-state index in [0.717, 1.165) is 24.3 Å². The first-order valence-electron chi connectivity index (χ1n) is 7.76. The molecule has 4 nitrogen and oxygen atoms in total. The fourth-order valence-electron chi connectivity index (χ4n) is 2.22. The molecule has 0 radical (unpaired) electrons. The molecule has 0 aliphatic heterocycles. The second kappa shape index (κ2) is 9.06. The molecule has 1 heterocycles. The third kappa shape index (κ3) is 5.14. The molecular formula is C17H23N3O. The van der Waals surface area contributed by atoms with Crippen LogP contribution in [0.25, 0.3) is 11.4 Å². The third-order valence-corrected chi connectivity index (χ3v) is 3.38. The van der Waals surface area contributed by atoms with Crippen molar-refractivity contribution in [1.29, 1.82) is 0 Å². The molecule has 0 atom stereocenters. The average molecular weight is 285 g/mol. The summed E-state index contributed by atoms with van der Waals surface area (Å²) in [7, 11) is 0. The summed E-state index contributed by atoms with van der Waals surface area (Å²) >= 11 is 0. The van der Waals surface area contributed by atoms with Gasteiger partial charge in [0.2, 0.25) is 0 Å². The van der Waals surface area contributed by atoms with Crippen molar-refractivity contribution in [1.82, 2.24) is 15.0 Å². The fraction of sp³-hybridized carbons (Fsp3) is 0.471. The van der Waals surface area contributed by atoms with Gasteiger partial charge in [0.15, 0.2) is 5.82 Å². The number of hydrogen-bond acceptors (Lipinski definition) is 4. The lowest BCUT2D eigenvalue weighted by atomic mass is 10.1. The number of benzene rings is 1. The SMILES string of the molecule is CCCCCCCCOc1ccccc1-c1ncncn1. The lowest BCUT2D eigenvalue weighted by Gasteiger charge is -2.10. The number of nitrogens with zero attached hydrogens (tertiary/aromatic N) is 3. The smallest absolute Gasteiger partial charge is 0.166 e. The minimum atomic E-state index is 0.656. The van der Waals surface area contributed by atoms with Crippen molar-refractivity contribution < 1.29 is 4.74 Å². The van der Waals surface area contributed by atoms with Gasteiger partial charge in [0.1, 0.15) is 18.4 Å². The minimum absolute atomic E-state index is 0.656. The summed E-state index contributed by atoms with van der Waals surface area (Å²) in [6.07, 6.45) is 10.6. The highest BCUT2D eigenvalue weighted by atomic mass is 16.5. The first-order valence-corrected chi connectivity index (χ1v) is 7.76. The van der Waals surface area contributed by atoms with Gasteiger partial charge in [-0.1, -0.05) is 51.2 Å². The van der Waals surface area contributed by atoms with Gasteiger partial charge in [-0.25, -0.2) is 15.0 Å². The van der Waals surface area contributed by atoms with Crippen LogP contribution in [0, 0.1) is 0 Å². The molecule has 0 unspecified atom stereocenters. The van der Waals surface area contributed by atoms with Gasteiger partial charge in [0.05, 0.1) is 12.2 Å². The van der Waals surface area contributed by atoms with Gasteiger partial charge >= 0.3 is 0 Å². The second-order valence-electron chi connectivity index (χ2n) is 5.07. The van der Waals surface area contributed by atoms with Crippen molar-refractivity contribution in [3.8, 4) is 17.1 Å². The Hall–Kier alpha value is -1.97. The molecule has 0 saturated carbocycles. The number of aromatic nitrogens is 3. The Morgan fingerprint density at radius 1 is 0.905 bits per heavy atom. The van der Waals surface area contributed by atoms with Crippen LogP contribution in [0.4, 0.5) is 0 Å². The normalized spacial score (nSPS) is 10.5. The molecule has 2 rings (SSSR count). The van der Waals surface area contributed by atoms with Crippen LogP contribution in [0.5, 0.6) is 5.75 Å². The van der Waals surface area contributed by atoms with E-state index in [1.165, 1.54) is 44.8 Å². The van der Waals surface area contributed by atoms with Gasteiger partial charge < -0.3 is 4.74 Å². The van der Waals surface area contributed by atoms with Gasteiger partial charge in [-0.15, -0.1) is 0 Å². The molecule has 0 amide bonds. The fourth-order valence-corrected chi connectivity index (χ4v) is 2.22. The number of rotatable bonds is 9. The number of unbranched alkanes of at least 4 members (excludes halogenated alkanes) is 5. The molecule has 0 spiro atoms. The molecule has 21 heavy (non-hydrogen) atoms. The standard InChI is InChI=1S/C17H23N3O/c1-2-3-4-5-6-9-12-21-16-11-8-7-10-15(16)17-19-13-18-14-20-17/h7-8,10-11,13-14H,2-6,9,12H2,1H3. The summed E-state index contributed by atoms with van der Waals surface area (Å²) in [6, 6.07) is 7.89. The molecule has 1 aromatic heterocycles. The molecule has 0 aliphatic carbocycles. The molecule has 0 saturated heterocycles. The third-order valence-electron chi connectivity index (χ3n) is 3.38. The zero-order valence-corrected chi connectivity index (χ0v) is 12.7. The second-order valence-corrected chi connectivity index (χ2v) is 5.07. The van der Waals surface area contributed by atoms with E-state index in [9.17, 15) is 0 Å². The summed E-state index contributed by atoms with van der Waals surface area (Å²) in [6.45, 7) is 2.98. The van der Waals surface area contributed by atoms with Crippen molar-refractivity contribution in [2.45, 2.75) is 45.4 Å². The van der Waals surface area contributed by atoms with Gasteiger partial charge in [0, 0.05) is 0 Å². The van der Waals surface area contributed by atoms with Gasteiger partial charge in [0.25, 0.3) is 0 Å². The minimum Gasteiger partial charge on any atom is -0.493 e. The monoisotopic (exact) mass is 285 g/mol. The Balaban J connectivity index is 1.84. The van der Waals surface area contributed by atoms with Gasteiger partial charge in [-0.05, 0) is 18.6 Å². The lowest BCUT2D eigenvalue weighted by Crippen LogP contribution is -2.00. The van der Waals surface area contributed by atoms with Crippen LogP contribution < -0.4 is 4.74 Å². The van der Waals surface area contributed by atoms with Crippen LogP contribution in [0.3, 0.4) is 0 Å². The molecule has 0 N–H and O–H groups in total. The van der Waals surface area contributed by atoms with Crippen LogP contribution in [0.1, 0.15) is 45.4 Å². The zero-order chi connectivity index (χ0) is 14.8. The topological polar surface area (TPSA) is 47.9 Å². The maximum atomic E-state index is 5.90. The van der Waals surface area contributed by atoms with Crippen LogP contribution in [-0.4, -0.2) is 21.6 Å². The highest BCUT2D eigenvalue weighted by Gasteiger charge is 2.07. The Bertz CT molecular complexity index is 516. The van der Waals surface area contributed by atoms with E-state index in [0.29, 0.717) is 5.82 Å². The molecule has 0 bridgehead atoms. The number of para-hydroxylation sites is 1. The van der Waals surface area contributed by atoms with Crippen molar-refractivity contribution in [3.05, 3.63) is 36.9 Å². The molecule has 4 heteroatoms. The largest absolute Gasteiger partial charge is 0.493 e. The van der Waals surface area contributed by atoms with E-state index >= 15 is 0 Å². The summed E-state index contributed by atoms with van der Waals surface area (Å²) in [5.74, 6) is 1.50. The quantitative estimate of drug-likeness (QED) is 0.645. The van der Waals surface area contributed by atoms with E-state index in [4.69, 9.17) is 4.74 Å². The Morgan fingerprint density at radius 3 is 2.43 bits per heavy atom. The number of ether oxygens (including phenoxy) is 1. The Kier molecular flexibility index (Phi) is 6.65. The summed E-state index contributed by atoms with van der Waals surface area (Å²) in [5.41, 5.74) is 0.922. The van der Waals surface area contributed by atoms with Crippen molar-refractivity contribution >= 4 is 0 Å². The first kappa shape index (κ1) is 15.4. The van der Waals surface area contributed by atoms with E-state index < -0.39 is 0 Å². The molecule has 2 aromatic rings. The predicted octanol–water partition coefficient (Wildman–Crippen LogP) is 4.28. The van der Waals surface area contributed by atoms with Crippen LogP contribution in [-0.2, 0) is 0 Å². The molecule has 1 aromatic carbocycles. The van der Waals surface area contributed by atoms with Crippen LogP contribution >= 0.6 is 0 Å². The molecular weight excluding hydrogens is 262 g/mol. The van der Waals surface area contributed by atoms with Crippen molar-refractivity contribution in [2.24, 2.45) is 0 Å². The lowest BCUT2D eigenvalue weighted by molar-refractivity contribution is 0.305. The Morgan fingerprint density at radius 2 is 1.62 bits per heavy atom. The van der Waals surface area contributed by atoms with Gasteiger partial charge in [-0.2, -0.15) is 0 Å². The first-order chi connectivity index (χ1) is 10.4. The van der Waals surface area contributed by atoms with E-state index in [1.807, 2.05) is 24.3 Å². The zero-order valence-electron chi connectivity index (χ0n) is 12.7. The maximum absolute atomic E-state index is 5.90. The summed E-state index contributed by atoms with van der Waals surface area (Å²) < 4.78 is 5.90. The van der Waals surface area contributed by atoms with Crippen LogP contribution in [0.2, 0.25) is 0 Å². The van der Waals surface area contributed by atoms with Crippen molar-refractivity contribution in [3.63, 3.8) is 0 Å². The molecule has 0 aliphatic rings. The van der Waals surface area contributed by atoms with E-state index in [2.05, 4.69) is 21.9 Å². The van der Waals surface area contributed by atoms with E-state index in [-0.39, 0.29) is 0 Å². The molecule has 0 fully saturated rings. The van der Waals surface area contributed by atoms with Gasteiger partial charge in [-0.3, -0.25) is 0 Å². The predicted molar refractivity (Wildman–Crippen MR) is 84.1 cm³/mol. The van der Waals surface area contributed by atoms with Crippen LogP contribution in [0.15, 0.2) is 36.9 Å². The summed E-state index contributed by atoms with van der Waals surface area (Å²) in [5, 5.41) is 0.